The lowest BCUT2D eigenvalue weighted by Crippen LogP contribution is -2.22. The summed E-state index contributed by atoms with van der Waals surface area (Å²) in [6, 6.07) is 0. The van der Waals surface area contributed by atoms with Crippen molar-refractivity contribution in [2.24, 2.45) is 5.92 Å². The molecule has 110 valence electrons. The van der Waals surface area contributed by atoms with Crippen molar-refractivity contribution < 1.29 is 14.6 Å². The lowest BCUT2D eigenvalue weighted by Gasteiger charge is -2.29. The Morgan fingerprint density at radius 2 is 2.15 bits per heavy atom. The molecule has 1 heterocycles. The Morgan fingerprint density at radius 1 is 1.45 bits per heavy atom. The van der Waals surface area contributed by atoms with E-state index < -0.39 is 5.97 Å². The van der Waals surface area contributed by atoms with Gasteiger partial charge in [-0.25, -0.2) is 14.8 Å². The molecule has 1 aliphatic carbocycles. The Hall–Kier alpha value is -1.49. The number of rotatable bonds is 5. The largest absolute Gasteiger partial charge is 0.478 e. The summed E-state index contributed by atoms with van der Waals surface area (Å²) in [7, 11) is 0. The topological polar surface area (TPSA) is 72.3 Å². The van der Waals surface area contributed by atoms with Gasteiger partial charge >= 0.3 is 5.97 Å². The third kappa shape index (κ3) is 3.33. The van der Waals surface area contributed by atoms with Crippen molar-refractivity contribution in [1.82, 2.24) is 9.97 Å². The monoisotopic (exact) mass is 278 g/mol. The molecule has 20 heavy (non-hydrogen) atoms. The number of aryl methyl sites for hydroxylation is 1. The van der Waals surface area contributed by atoms with Crippen LogP contribution in [-0.4, -0.2) is 27.7 Å². The van der Waals surface area contributed by atoms with Gasteiger partial charge in [-0.05, 0) is 32.6 Å². The molecule has 1 aromatic rings. The fourth-order valence-electron chi connectivity index (χ4n) is 2.87. The van der Waals surface area contributed by atoms with Gasteiger partial charge in [0.25, 0.3) is 0 Å². The van der Waals surface area contributed by atoms with Crippen molar-refractivity contribution in [3.8, 4) is 0 Å². The van der Waals surface area contributed by atoms with Gasteiger partial charge in [0.2, 0.25) is 0 Å². The van der Waals surface area contributed by atoms with Crippen LogP contribution in [0.5, 0.6) is 0 Å². The molecule has 0 radical (unpaired) electrons. The van der Waals surface area contributed by atoms with Gasteiger partial charge in [-0.15, -0.1) is 0 Å². The molecule has 5 nitrogen and oxygen atoms in total. The second kappa shape index (κ2) is 6.79. The Bertz CT molecular complexity index is 470. The number of carboxylic acid groups (broad SMARTS) is 1. The lowest BCUT2D eigenvalue weighted by atomic mass is 9.85. The molecule has 0 aromatic carbocycles. The number of carboxylic acids is 1. The van der Waals surface area contributed by atoms with Gasteiger partial charge in [0, 0.05) is 12.8 Å². The highest BCUT2D eigenvalue weighted by molar-refractivity contribution is 5.88. The van der Waals surface area contributed by atoms with E-state index in [4.69, 9.17) is 9.84 Å². The number of nitrogens with zero attached hydrogens (tertiary/aromatic N) is 2. The zero-order valence-electron chi connectivity index (χ0n) is 12.1. The molecule has 0 spiro atoms. The van der Waals surface area contributed by atoms with Crippen LogP contribution in [0.4, 0.5) is 0 Å². The van der Waals surface area contributed by atoms with Gasteiger partial charge in [-0.3, -0.25) is 0 Å². The van der Waals surface area contributed by atoms with Crippen molar-refractivity contribution in [3.63, 3.8) is 0 Å². The van der Waals surface area contributed by atoms with E-state index in [2.05, 4.69) is 9.97 Å². The van der Waals surface area contributed by atoms with E-state index in [0.717, 1.165) is 12.8 Å². The predicted molar refractivity (Wildman–Crippen MR) is 74.7 cm³/mol. The first-order valence-corrected chi connectivity index (χ1v) is 7.32. The molecule has 0 saturated heterocycles. The SMILES string of the molecule is CCOC(c1ncc(C(=O)O)c(C)n1)C1CCCCC1. The van der Waals surface area contributed by atoms with E-state index in [1.807, 2.05) is 6.92 Å². The molecule has 0 aliphatic heterocycles. The Labute approximate surface area is 119 Å². The van der Waals surface area contributed by atoms with Crippen molar-refractivity contribution in [2.45, 2.75) is 52.1 Å². The predicted octanol–water partition coefficient (Wildman–Crippen LogP) is 3.14. The van der Waals surface area contributed by atoms with Crippen LogP contribution < -0.4 is 0 Å². The summed E-state index contributed by atoms with van der Waals surface area (Å²) in [6.45, 7) is 4.29. The molecule has 5 heteroatoms. The Balaban J connectivity index is 2.24. The van der Waals surface area contributed by atoms with Crippen LogP contribution in [0.15, 0.2) is 6.20 Å². The average molecular weight is 278 g/mol. The van der Waals surface area contributed by atoms with Crippen LogP contribution >= 0.6 is 0 Å². The van der Waals surface area contributed by atoms with Crippen LogP contribution in [0.1, 0.15) is 67.0 Å². The maximum absolute atomic E-state index is 11.0. The van der Waals surface area contributed by atoms with Crippen molar-refractivity contribution in [3.05, 3.63) is 23.3 Å². The number of carbonyl (C=O) groups is 1. The molecular formula is C15H22N2O3. The number of aromatic nitrogens is 2. The maximum Gasteiger partial charge on any atom is 0.339 e. The third-order valence-electron chi connectivity index (χ3n) is 3.91. The van der Waals surface area contributed by atoms with Crippen LogP contribution in [0.3, 0.4) is 0 Å². The molecule has 1 aliphatic rings. The quantitative estimate of drug-likeness (QED) is 0.895. The van der Waals surface area contributed by atoms with Crippen LogP contribution in [0, 0.1) is 12.8 Å². The van der Waals surface area contributed by atoms with Gasteiger partial charge in [0.1, 0.15) is 6.10 Å². The second-order valence-corrected chi connectivity index (χ2v) is 5.31. The van der Waals surface area contributed by atoms with Crippen molar-refractivity contribution in [1.29, 1.82) is 0 Å². The average Bonchev–Trinajstić information content (AvgIpc) is 2.45. The summed E-state index contributed by atoms with van der Waals surface area (Å²) in [5.74, 6) is 0.0831. The minimum absolute atomic E-state index is 0.109. The van der Waals surface area contributed by atoms with E-state index in [1.165, 1.54) is 25.5 Å². The summed E-state index contributed by atoms with van der Waals surface area (Å²) >= 11 is 0. The second-order valence-electron chi connectivity index (χ2n) is 5.31. The molecule has 0 amide bonds. The Morgan fingerprint density at radius 3 is 2.70 bits per heavy atom. The molecule has 2 rings (SSSR count). The molecule has 1 aromatic heterocycles. The number of aromatic carboxylic acids is 1. The molecule has 1 saturated carbocycles. The normalized spacial score (nSPS) is 17.9. The van der Waals surface area contributed by atoms with Gasteiger partial charge < -0.3 is 9.84 Å². The summed E-state index contributed by atoms with van der Waals surface area (Å²) in [4.78, 5) is 19.6. The first kappa shape index (κ1) is 14.9. The van der Waals surface area contributed by atoms with Crippen LogP contribution in [0.25, 0.3) is 0 Å². The zero-order valence-corrected chi connectivity index (χ0v) is 12.1. The molecule has 1 fully saturated rings. The summed E-state index contributed by atoms with van der Waals surface area (Å²) in [6.07, 6.45) is 7.28. The number of ether oxygens (including phenoxy) is 1. The zero-order chi connectivity index (χ0) is 14.5. The van der Waals surface area contributed by atoms with Gasteiger partial charge in [0.15, 0.2) is 5.82 Å². The number of hydrogen-bond acceptors (Lipinski definition) is 4. The lowest BCUT2D eigenvalue weighted by molar-refractivity contribution is -0.000354. The minimum Gasteiger partial charge on any atom is -0.478 e. The van der Waals surface area contributed by atoms with E-state index in [-0.39, 0.29) is 11.7 Å². The van der Waals surface area contributed by atoms with Gasteiger partial charge in [-0.2, -0.15) is 0 Å². The van der Waals surface area contributed by atoms with E-state index >= 15 is 0 Å². The standard InChI is InChI=1S/C15H22N2O3/c1-3-20-13(11-7-5-4-6-8-11)14-16-9-12(15(18)19)10(2)17-14/h9,11,13H,3-8H2,1-2H3,(H,18,19). The summed E-state index contributed by atoms with van der Waals surface area (Å²) < 4.78 is 5.85. The van der Waals surface area contributed by atoms with Crippen LogP contribution in [0.2, 0.25) is 0 Å². The molecule has 1 atom stereocenters. The van der Waals surface area contributed by atoms with E-state index in [1.54, 1.807) is 6.92 Å². The summed E-state index contributed by atoms with van der Waals surface area (Å²) in [5, 5.41) is 9.04. The van der Waals surface area contributed by atoms with Crippen LogP contribution in [-0.2, 0) is 4.74 Å². The number of hydrogen-bond donors (Lipinski definition) is 1. The van der Waals surface area contributed by atoms with Gasteiger partial charge in [-0.1, -0.05) is 19.3 Å². The third-order valence-corrected chi connectivity index (χ3v) is 3.91. The minimum atomic E-state index is -0.986. The highest BCUT2D eigenvalue weighted by Crippen LogP contribution is 2.35. The van der Waals surface area contributed by atoms with E-state index in [9.17, 15) is 4.79 Å². The first-order chi connectivity index (χ1) is 9.63. The summed E-state index contributed by atoms with van der Waals surface area (Å²) in [5.41, 5.74) is 0.663. The van der Waals surface area contributed by atoms with Crippen molar-refractivity contribution in [2.75, 3.05) is 6.61 Å². The fraction of sp³-hybridized carbons (Fsp3) is 0.667. The highest BCUT2D eigenvalue weighted by atomic mass is 16.5. The molecule has 0 bridgehead atoms. The molecule has 1 unspecified atom stereocenters. The van der Waals surface area contributed by atoms with E-state index in [0.29, 0.717) is 24.0 Å². The first-order valence-electron chi connectivity index (χ1n) is 7.32. The molecule has 1 N–H and O–H groups in total. The maximum atomic E-state index is 11.0. The van der Waals surface area contributed by atoms with Crippen molar-refractivity contribution >= 4 is 5.97 Å². The highest BCUT2D eigenvalue weighted by Gasteiger charge is 2.28. The van der Waals surface area contributed by atoms with Gasteiger partial charge in [0.05, 0.1) is 11.3 Å². The molecular weight excluding hydrogens is 256 g/mol. The smallest absolute Gasteiger partial charge is 0.339 e. The Kier molecular flexibility index (Phi) is 5.06. The fourth-order valence-corrected chi connectivity index (χ4v) is 2.87.